The highest BCUT2D eigenvalue weighted by molar-refractivity contribution is 5.88. The molecule has 156 valence electrons. The van der Waals surface area contributed by atoms with E-state index >= 15 is 0 Å². The highest BCUT2D eigenvalue weighted by Gasteiger charge is 2.26. The molecule has 2 aromatic rings. The molecule has 0 aliphatic heterocycles. The van der Waals surface area contributed by atoms with Gasteiger partial charge in [-0.25, -0.2) is 0 Å². The molecular weight excluding hydrogens is 364 g/mol. The zero-order valence-electron chi connectivity index (χ0n) is 18.1. The molecule has 5 nitrogen and oxygen atoms in total. The van der Waals surface area contributed by atoms with Crippen LogP contribution in [0.4, 0.5) is 0 Å². The second kappa shape index (κ2) is 10.6. The molecule has 2 rings (SSSR count). The summed E-state index contributed by atoms with van der Waals surface area (Å²) in [5.41, 5.74) is 4.15. The van der Waals surface area contributed by atoms with Crippen molar-refractivity contribution in [1.29, 1.82) is 0 Å². The van der Waals surface area contributed by atoms with E-state index < -0.39 is 6.04 Å². The fraction of sp³-hybridized carbons (Fsp3) is 0.417. The minimum atomic E-state index is -0.554. The number of hydrogen-bond donors (Lipinski definition) is 1. The third kappa shape index (κ3) is 6.34. The minimum absolute atomic E-state index is 0.0614. The van der Waals surface area contributed by atoms with Crippen LogP contribution in [0.15, 0.2) is 42.5 Å². The lowest BCUT2D eigenvalue weighted by molar-refractivity contribution is -0.140. The van der Waals surface area contributed by atoms with Gasteiger partial charge in [0, 0.05) is 13.1 Å². The van der Waals surface area contributed by atoms with E-state index in [2.05, 4.69) is 5.32 Å². The molecule has 0 bridgehead atoms. The third-order valence-corrected chi connectivity index (χ3v) is 5.07. The Morgan fingerprint density at radius 1 is 1.10 bits per heavy atom. The lowest BCUT2D eigenvalue weighted by Gasteiger charge is -2.29. The number of aryl methyl sites for hydroxylation is 2. The molecule has 1 unspecified atom stereocenters. The standard InChI is InChI=1S/C24H32N2O3/c1-6-13-25-24(28)19(4)26(16-20-9-11-22(29-5)12-10-20)23(27)15-21-14-17(2)7-8-18(21)3/h7-12,14,19H,6,13,15-16H2,1-5H3,(H,25,28). The minimum Gasteiger partial charge on any atom is -0.497 e. The van der Waals surface area contributed by atoms with Gasteiger partial charge < -0.3 is 15.0 Å². The average molecular weight is 397 g/mol. The number of nitrogens with one attached hydrogen (secondary N) is 1. The van der Waals surface area contributed by atoms with Crippen molar-refractivity contribution in [1.82, 2.24) is 10.2 Å². The molecule has 29 heavy (non-hydrogen) atoms. The van der Waals surface area contributed by atoms with Crippen LogP contribution in [0.3, 0.4) is 0 Å². The molecule has 0 aromatic heterocycles. The summed E-state index contributed by atoms with van der Waals surface area (Å²) in [7, 11) is 1.62. The lowest BCUT2D eigenvalue weighted by atomic mass is 10.0. The summed E-state index contributed by atoms with van der Waals surface area (Å²) in [6, 6.07) is 13.1. The molecule has 5 heteroatoms. The number of amides is 2. The van der Waals surface area contributed by atoms with Crippen LogP contribution in [0.5, 0.6) is 5.75 Å². The zero-order valence-corrected chi connectivity index (χ0v) is 18.1. The van der Waals surface area contributed by atoms with Crippen LogP contribution >= 0.6 is 0 Å². The van der Waals surface area contributed by atoms with Gasteiger partial charge in [0.2, 0.25) is 11.8 Å². The molecule has 1 N–H and O–H groups in total. The number of rotatable bonds is 9. The van der Waals surface area contributed by atoms with Gasteiger partial charge in [0.25, 0.3) is 0 Å². The number of hydrogen-bond acceptors (Lipinski definition) is 3. The van der Waals surface area contributed by atoms with Crippen LogP contribution in [0.1, 0.15) is 42.5 Å². The normalized spacial score (nSPS) is 11.6. The van der Waals surface area contributed by atoms with E-state index in [4.69, 9.17) is 4.74 Å². The first-order chi connectivity index (χ1) is 13.8. The quantitative estimate of drug-likeness (QED) is 0.701. The van der Waals surface area contributed by atoms with Crippen LogP contribution in [0.25, 0.3) is 0 Å². The Kier molecular flexibility index (Phi) is 8.25. The number of benzene rings is 2. The van der Waals surface area contributed by atoms with Crippen LogP contribution in [0, 0.1) is 13.8 Å². The molecule has 0 aliphatic rings. The number of methoxy groups -OCH3 is 1. The van der Waals surface area contributed by atoms with Gasteiger partial charge in [-0.2, -0.15) is 0 Å². The predicted molar refractivity (Wildman–Crippen MR) is 116 cm³/mol. The summed E-state index contributed by atoms with van der Waals surface area (Å²) in [6.45, 7) is 8.79. The topological polar surface area (TPSA) is 58.6 Å². The van der Waals surface area contributed by atoms with Crippen molar-refractivity contribution >= 4 is 11.8 Å². The van der Waals surface area contributed by atoms with Crippen molar-refractivity contribution in [2.45, 2.75) is 53.1 Å². The molecule has 0 fully saturated rings. The number of carbonyl (C=O) groups is 2. The van der Waals surface area contributed by atoms with Crippen molar-refractivity contribution in [3.63, 3.8) is 0 Å². The van der Waals surface area contributed by atoms with E-state index in [-0.39, 0.29) is 18.2 Å². The summed E-state index contributed by atoms with van der Waals surface area (Å²) < 4.78 is 5.21. The summed E-state index contributed by atoms with van der Waals surface area (Å²) in [5, 5.41) is 2.90. The zero-order chi connectivity index (χ0) is 21.4. The van der Waals surface area contributed by atoms with Gasteiger partial charge in [0.1, 0.15) is 11.8 Å². The van der Waals surface area contributed by atoms with Crippen molar-refractivity contribution in [3.8, 4) is 5.75 Å². The van der Waals surface area contributed by atoms with E-state index in [1.165, 1.54) is 0 Å². The maximum atomic E-state index is 13.2. The van der Waals surface area contributed by atoms with E-state index in [1.54, 1.807) is 18.9 Å². The Balaban J connectivity index is 2.25. The van der Waals surface area contributed by atoms with Crippen molar-refractivity contribution in [2.24, 2.45) is 0 Å². The number of nitrogens with zero attached hydrogens (tertiary/aromatic N) is 1. The van der Waals surface area contributed by atoms with Gasteiger partial charge >= 0.3 is 0 Å². The van der Waals surface area contributed by atoms with E-state index in [1.807, 2.05) is 63.2 Å². The summed E-state index contributed by atoms with van der Waals surface area (Å²) in [5.74, 6) is 0.569. The van der Waals surface area contributed by atoms with Gasteiger partial charge in [-0.3, -0.25) is 9.59 Å². The van der Waals surface area contributed by atoms with E-state index in [9.17, 15) is 9.59 Å². The lowest BCUT2D eigenvalue weighted by Crippen LogP contribution is -2.48. The van der Waals surface area contributed by atoms with Gasteiger partial charge in [-0.05, 0) is 56.0 Å². The maximum Gasteiger partial charge on any atom is 0.242 e. The first-order valence-corrected chi connectivity index (χ1v) is 10.1. The molecule has 2 aromatic carbocycles. The van der Waals surface area contributed by atoms with Gasteiger partial charge in [-0.1, -0.05) is 42.8 Å². The molecule has 0 aliphatic carbocycles. The number of carbonyl (C=O) groups excluding carboxylic acids is 2. The molecule has 0 saturated carbocycles. The monoisotopic (exact) mass is 396 g/mol. The van der Waals surface area contributed by atoms with Crippen LogP contribution in [-0.4, -0.2) is 36.4 Å². The molecule has 0 spiro atoms. The Bertz CT molecular complexity index is 831. The van der Waals surface area contributed by atoms with Gasteiger partial charge in [-0.15, -0.1) is 0 Å². The van der Waals surface area contributed by atoms with Crippen LogP contribution < -0.4 is 10.1 Å². The first kappa shape index (κ1) is 22.5. The van der Waals surface area contributed by atoms with Crippen LogP contribution in [0.2, 0.25) is 0 Å². The van der Waals surface area contributed by atoms with Gasteiger partial charge in [0.05, 0.1) is 13.5 Å². The average Bonchev–Trinajstić information content (AvgIpc) is 2.72. The largest absolute Gasteiger partial charge is 0.497 e. The first-order valence-electron chi connectivity index (χ1n) is 10.1. The Labute approximate surface area is 174 Å². The molecule has 0 saturated heterocycles. The second-order valence-electron chi connectivity index (χ2n) is 7.44. The molecule has 2 amide bonds. The van der Waals surface area contributed by atoms with Crippen molar-refractivity contribution < 1.29 is 14.3 Å². The SMILES string of the molecule is CCCNC(=O)C(C)N(Cc1ccc(OC)cc1)C(=O)Cc1cc(C)ccc1C. The smallest absolute Gasteiger partial charge is 0.242 e. The maximum absolute atomic E-state index is 13.2. The fourth-order valence-corrected chi connectivity index (χ4v) is 3.16. The Morgan fingerprint density at radius 2 is 1.79 bits per heavy atom. The fourth-order valence-electron chi connectivity index (χ4n) is 3.16. The predicted octanol–water partition coefficient (Wildman–Crippen LogP) is 3.80. The summed E-state index contributed by atoms with van der Waals surface area (Å²) >= 11 is 0. The molecule has 0 radical (unpaired) electrons. The number of ether oxygens (including phenoxy) is 1. The molecule has 1 atom stereocenters. The van der Waals surface area contributed by atoms with E-state index in [0.717, 1.165) is 34.4 Å². The highest BCUT2D eigenvalue weighted by Crippen LogP contribution is 2.18. The molecular formula is C24H32N2O3. The molecule has 0 heterocycles. The summed E-state index contributed by atoms with van der Waals surface area (Å²) in [4.78, 5) is 27.5. The Hall–Kier alpha value is -2.82. The summed E-state index contributed by atoms with van der Waals surface area (Å²) in [6.07, 6.45) is 1.13. The Morgan fingerprint density at radius 3 is 2.41 bits per heavy atom. The van der Waals surface area contributed by atoms with E-state index in [0.29, 0.717) is 13.1 Å². The van der Waals surface area contributed by atoms with Gasteiger partial charge in [0.15, 0.2) is 0 Å². The highest BCUT2D eigenvalue weighted by atomic mass is 16.5. The third-order valence-electron chi connectivity index (χ3n) is 5.07. The second-order valence-corrected chi connectivity index (χ2v) is 7.44. The van der Waals surface area contributed by atoms with Crippen molar-refractivity contribution in [2.75, 3.05) is 13.7 Å². The van der Waals surface area contributed by atoms with Crippen LogP contribution in [-0.2, 0) is 22.6 Å². The van der Waals surface area contributed by atoms with Crippen molar-refractivity contribution in [3.05, 3.63) is 64.7 Å².